The van der Waals surface area contributed by atoms with Crippen LogP contribution in [0.2, 0.25) is 20.1 Å². The van der Waals surface area contributed by atoms with Gasteiger partial charge in [0.15, 0.2) is 11.6 Å². The summed E-state index contributed by atoms with van der Waals surface area (Å²) in [6.07, 6.45) is 1.11. The van der Waals surface area contributed by atoms with Gasteiger partial charge in [0.2, 0.25) is 11.8 Å². The van der Waals surface area contributed by atoms with Crippen molar-refractivity contribution in [3.05, 3.63) is 109 Å². The molecule has 1 aliphatic carbocycles. The van der Waals surface area contributed by atoms with Crippen LogP contribution in [0.25, 0.3) is 0 Å². The van der Waals surface area contributed by atoms with Gasteiger partial charge in [0.1, 0.15) is 11.3 Å². The summed E-state index contributed by atoms with van der Waals surface area (Å²) in [6, 6.07) is 15.2. The molecule has 3 atom stereocenters. The monoisotopic (exact) mass is 657 g/mol. The molecule has 0 bridgehead atoms. The minimum absolute atomic E-state index is 0.0334. The van der Waals surface area contributed by atoms with Gasteiger partial charge in [-0.25, -0.2) is 4.90 Å². The predicted molar refractivity (Wildman–Crippen MR) is 164 cm³/mol. The summed E-state index contributed by atoms with van der Waals surface area (Å²) in [4.78, 5) is 70.2. The van der Waals surface area contributed by atoms with Crippen molar-refractivity contribution >= 4 is 81.4 Å². The van der Waals surface area contributed by atoms with E-state index in [2.05, 4.69) is 0 Å². The number of benzene rings is 3. The average Bonchev–Trinajstić information content (AvgIpc) is 3.41. The number of esters is 1. The number of anilines is 1. The van der Waals surface area contributed by atoms with Crippen LogP contribution in [0, 0.1) is 11.8 Å². The van der Waals surface area contributed by atoms with Crippen molar-refractivity contribution < 1.29 is 28.7 Å². The molecule has 1 aliphatic heterocycles. The van der Waals surface area contributed by atoms with Gasteiger partial charge in [0.05, 0.1) is 22.3 Å². The van der Waals surface area contributed by atoms with E-state index in [0.29, 0.717) is 15.6 Å². The van der Waals surface area contributed by atoms with E-state index in [-0.39, 0.29) is 45.5 Å². The molecule has 0 saturated carbocycles. The van der Waals surface area contributed by atoms with E-state index < -0.39 is 46.6 Å². The molecule has 5 rings (SSSR count). The number of ketones is 2. The first-order valence-electron chi connectivity index (χ1n) is 13.2. The third-order valence-electron chi connectivity index (χ3n) is 7.79. The summed E-state index contributed by atoms with van der Waals surface area (Å²) in [6.45, 7) is 2.77. The third-order valence-corrected chi connectivity index (χ3v) is 8.89. The van der Waals surface area contributed by atoms with Gasteiger partial charge < -0.3 is 4.74 Å². The predicted octanol–water partition coefficient (Wildman–Crippen LogP) is 7.32. The van der Waals surface area contributed by atoms with Gasteiger partial charge in [-0.3, -0.25) is 24.0 Å². The number of hydrogen-bond donors (Lipinski definition) is 0. The second-order valence-corrected chi connectivity index (χ2v) is 11.9. The molecule has 1 spiro atoms. The lowest BCUT2D eigenvalue weighted by molar-refractivity contribution is -0.152. The Morgan fingerprint density at radius 3 is 2.07 bits per heavy atom. The quantitative estimate of drug-likeness (QED) is 0.195. The molecule has 11 heteroatoms. The number of carbonyl (C=O) groups is 5. The highest BCUT2D eigenvalue weighted by molar-refractivity contribution is 6.38. The number of rotatable bonds is 7. The van der Waals surface area contributed by atoms with Gasteiger partial charge in [-0.15, -0.1) is 0 Å². The Morgan fingerprint density at radius 1 is 0.884 bits per heavy atom. The Labute approximate surface area is 267 Å². The Hall–Kier alpha value is -3.49. The van der Waals surface area contributed by atoms with Crippen LogP contribution >= 0.6 is 46.4 Å². The Balaban J connectivity index is 1.76. The molecule has 2 aliphatic rings. The molecule has 220 valence electrons. The van der Waals surface area contributed by atoms with Gasteiger partial charge in [0.25, 0.3) is 0 Å². The van der Waals surface area contributed by atoms with Gasteiger partial charge in [0, 0.05) is 46.0 Å². The number of imide groups is 1. The average molecular weight is 659 g/mol. The van der Waals surface area contributed by atoms with Gasteiger partial charge >= 0.3 is 5.97 Å². The van der Waals surface area contributed by atoms with Crippen LogP contribution in [0.1, 0.15) is 46.5 Å². The van der Waals surface area contributed by atoms with Crippen LogP contribution in [0.3, 0.4) is 0 Å². The fourth-order valence-corrected chi connectivity index (χ4v) is 7.11. The molecular weight excluding hydrogens is 636 g/mol. The topological polar surface area (TPSA) is 97.8 Å². The van der Waals surface area contributed by atoms with Crippen molar-refractivity contribution in [3.63, 3.8) is 0 Å². The van der Waals surface area contributed by atoms with Gasteiger partial charge in [-0.2, -0.15) is 0 Å². The Morgan fingerprint density at radius 2 is 1.49 bits per heavy atom. The molecule has 0 N–H and O–H groups in total. The van der Waals surface area contributed by atoms with E-state index in [4.69, 9.17) is 51.1 Å². The zero-order valence-corrected chi connectivity index (χ0v) is 25.9. The zero-order chi connectivity index (χ0) is 31.2. The number of fused-ring (bicyclic) bond motifs is 2. The molecule has 0 fully saturated rings. The van der Waals surface area contributed by atoms with Crippen molar-refractivity contribution in [2.45, 2.75) is 25.7 Å². The van der Waals surface area contributed by atoms with E-state index in [1.807, 2.05) is 0 Å². The van der Waals surface area contributed by atoms with Gasteiger partial charge in [-0.05, 0) is 55.0 Å². The van der Waals surface area contributed by atoms with Crippen molar-refractivity contribution in [3.8, 4) is 0 Å². The highest BCUT2D eigenvalue weighted by Gasteiger charge is 2.67. The third kappa shape index (κ3) is 5.08. The fourth-order valence-electron chi connectivity index (χ4n) is 6.10. The summed E-state index contributed by atoms with van der Waals surface area (Å²) in [5.41, 5.74) is -1.21. The highest BCUT2D eigenvalue weighted by Crippen LogP contribution is 2.59. The Kier molecular flexibility index (Phi) is 8.56. The number of hydrogen-bond acceptors (Lipinski definition) is 6. The number of Topliss-reactive ketones (excluding diaryl/α,β-unsaturated/α-hetero) is 2. The molecule has 7 nitrogen and oxygen atoms in total. The minimum atomic E-state index is -1.87. The first-order valence-corrected chi connectivity index (χ1v) is 14.8. The molecule has 0 radical (unpaired) electrons. The first-order chi connectivity index (χ1) is 20.4. The van der Waals surface area contributed by atoms with Crippen LogP contribution in [-0.4, -0.2) is 36.0 Å². The number of ether oxygens (including phenoxy) is 1. The SMILES string of the molecule is CCOC(=O)[C@@H]1C(C(=O)c2ccc(Cl)cc2Cl)=C[C@@H](CC(=O)c2ccc(Cl)cc2Cl)[C@@]12C(=O)N(C(C)=O)c1ccccc12. The molecule has 3 aromatic carbocycles. The zero-order valence-electron chi connectivity index (χ0n) is 22.8. The van der Waals surface area contributed by atoms with Crippen molar-refractivity contribution in [2.24, 2.45) is 11.8 Å². The van der Waals surface area contributed by atoms with Crippen LogP contribution < -0.4 is 4.90 Å². The van der Waals surface area contributed by atoms with Crippen LogP contribution in [0.5, 0.6) is 0 Å². The van der Waals surface area contributed by atoms with Crippen molar-refractivity contribution in [2.75, 3.05) is 11.5 Å². The largest absolute Gasteiger partial charge is 0.465 e. The van der Waals surface area contributed by atoms with Crippen LogP contribution in [0.4, 0.5) is 5.69 Å². The van der Waals surface area contributed by atoms with E-state index >= 15 is 0 Å². The number of nitrogens with zero attached hydrogens (tertiary/aromatic N) is 1. The molecule has 3 aromatic rings. The van der Waals surface area contributed by atoms with Crippen LogP contribution in [0.15, 0.2) is 72.3 Å². The second-order valence-electron chi connectivity index (χ2n) is 10.2. The first kappa shape index (κ1) is 31.0. The number of amides is 2. The summed E-state index contributed by atoms with van der Waals surface area (Å²) in [7, 11) is 0. The van der Waals surface area contributed by atoms with E-state index in [1.165, 1.54) is 49.4 Å². The maximum absolute atomic E-state index is 14.6. The molecule has 0 saturated heterocycles. The number of carbonyl (C=O) groups excluding carboxylic acids is 5. The fraction of sp³-hybridized carbons (Fsp3) is 0.219. The molecule has 2 amide bonds. The Bertz CT molecular complexity index is 1750. The van der Waals surface area contributed by atoms with Crippen LogP contribution in [-0.2, 0) is 24.5 Å². The van der Waals surface area contributed by atoms with E-state index in [1.54, 1.807) is 31.2 Å². The standard InChI is InChI=1S/C32H23Cl4NO6/c1-3-43-30(41)28-22(29(40)21-11-9-19(34)15-25(21)36)12-17(13-27(39)20-10-8-18(33)14-24(20)35)32(28)23-6-4-5-7-26(23)37(16(2)38)31(32)42/h4-12,14-15,17,28H,3,13H2,1-2H3/t17-,28-,32-/m0/s1. The molecule has 0 unspecified atom stereocenters. The molecule has 0 aromatic heterocycles. The van der Waals surface area contributed by atoms with E-state index in [0.717, 1.165) is 4.90 Å². The maximum atomic E-state index is 14.6. The van der Waals surface area contributed by atoms with E-state index in [9.17, 15) is 24.0 Å². The lowest BCUT2D eigenvalue weighted by Gasteiger charge is -2.35. The summed E-state index contributed by atoms with van der Waals surface area (Å²) in [5.74, 6) is -5.89. The lowest BCUT2D eigenvalue weighted by Crippen LogP contribution is -2.52. The summed E-state index contributed by atoms with van der Waals surface area (Å²) < 4.78 is 5.45. The second kappa shape index (κ2) is 11.9. The smallest absolute Gasteiger partial charge is 0.315 e. The normalized spacial score (nSPS) is 20.7. The molecular formula is C32H23Cl4NO6. The maximum Gasteiger partial charge on any atom is 0.315 e. The van der Waals surface area contributed by atoms with Crippen molar-refractivity contribution in [1.29, 1.82) is 0 Å². The minimum Gasteiger partial charge on any atom is -0.465 e. The summed E-state index contributed by atoms with van der Waals surface area (Å²) in [5, 5.41) is 0.751. The van der Waals surface area contributed by atoms with Crippen molar-refractivity contribution in [1.82, 2.24) is 0 Å². The number of halogens is 4. The lowest BCUT2D eigenvalue weighted by atomic mass is 9.64. The highest BCUT2D eigenvalue weighted by atomic mass is 35.5. The summed E-state index contributed by atoms with van der Waals surface area (Å²) >= 11 is 24.8. The number of allylic oxidation sites excluding steroid dienone is 1. The molecule has 43 heavy (non-hydrogen) atoms. The number of para-hydroxylation sites is 1. The molecule has 1 heterocycles. The van der Waals surface area contributed by atoms with Gasteiger partial charge in [-0.1, -0.05) is 70.7 Å².